The third-order valence-electron chi connectivity index (χ3n) is 2.89. The van der Waals surface area contributed by atoms with E-state index in [-0.39, 0.29) is 6.03 Å². The van der Waals surface area contributed by atoms with Crippen LogP contribution in [-0.2, 0) is 6.42 Å². The maximum Gasteiger partial charge on any atom is 0.316 e. The largest absolute Gasteiger partial charge is 0.370 e. The van der Waals surface area contributed by atoms with E-state index in [1.807, 2.05) is 6.92 Å². The molecule has 21 heavy (non-hydrogen) atoms. The van der Waals surface area contributed by atoms with Gasteiger partial charge in [0.25, 0.3) is 0 Å². The molecule has 1 rings (SSSR count). The molecule has 0 bridgehead atoms. The Morgan fingerprint density at radius 1 is 1.14 bits per heavy atom. The number of nitrogens with zero attached hydrogens (tertiary/aromatic N) is 3. The molecule has 7 heteroatoms. The third-order valence-corrected chi connectivity index (χ3v) is 2.89. The van der Waals surface area contributed by atoms with Gasteiger partial charge in [-0.2, -0.15) is 0 Å². The molecule has 0 aliphatic carbocycles. The Hall–Kier alpha value is -2.05. The fourth-order valence-corrected chi connectivity index (χ4v) is 1.88. The van der Waals surface area contributed by atoms with E-state index in [1.54, 1.807) is 20.4 Å². The van der Waals surface area contributed by atoms with Crippen LogP contribution >= 0.6 is 0 Å². The van der Waals surface area contributed by atoms with Crippen molar-refractivity contribution in [2.45, 2.75) is 26.7 Å². The maximum absolute atomic E-state index is 11.4. The van der Waals surface area contributed by atoms with Crippen LogP contribution < -0.4 is 16.0 Å². The fraction of sp³-hybridized carbons (Fsp3) is 0.643. The van der Waals surface area contributed by atoms with Gasteiger partial charge in [-0.15, -0.1) is 0 Å². The van der Waals surface area contributed by atoms with Gasteiger partial charge in [0.05, 0.1) is 0 Å². The van der Waals surface area contributed by atoms with Gasteiger partial charge in [0.15, 0.2) is 0 Å². The second kappa shape index (κ2) is 8.99. The van der Waals surface area contributed by atoms with Crippen LogP contribution in [0.1, 0.15) is 25.8 Å². The lowest BCUT2D eigenvalue weighted by Crippen LogP contribution is -2.37. The van der Waals surface area contributed by atoms with E-state index in [0.717, 1.165) is 36.6 Å². The molecule has 0 aromatic carbocycles. The molecule has 0 unspecified atom stereocenters. The summed E-state index contributed by atoms with van der Waals surface area (Å²) in [5.74, 6) is 1.72. The second-order valence-corrected chi connectivity index (χ2v) is 4.88. The minimum atomic E-state index is -0.0957. The van der Waals surface area contributed by atoms with Gasteiger partial charge in [-0.3, -0.25) is 0 Å². The Morgan fingerprint density at radius 3 is 2.38 bits per heavy atom. The predicted molar refractivity (Wildman–Crippen MR) is 85.8 cm³/mol. The van der Waals surface area contributed by atoms with Gasteiger partial charge in [-0.25, -0.2) is 14.8 Å². The van der Waals surface area contributed by atoms with Gasteiger partial charge in [-0.05, 0) is 13.3 Å². The number of nitrogens with one attached hydrogen (secondary N) is 3. The minimum Gasteiger partial charge on any atom is -0.370 e. The van der Waals surface area contributed by atoms with Crippen LogP contribution in [0.2, 0.25) is 0 Å². The summed E-state index contributed by atoms with van der Waals surface area (Å²) >= 11 is 0. The lowest BCUT2D eigenvalue weighted by Gasteiger charge is -2.15. The molecule has 2 amide bonds. The molecule has 0 saturated carbocycles. The molecule has 0 spiro atoms. The number of carbonyl (C=O) groups is 1. The first kappa shape index (κ1) is 17.0. The van der Waals surface area contributed by atoms with E-state index in [1.165, 1.54) is 4.90 Å². The Morgan fingerprint density at radius 2 is 1.81 bits per heavy atom. The van der Waals surface area contributed by atoms with Crippen LogP contribution in [-0.4, -0.2) is 54.6 Å². The Kier molecular flexibility index (Phi) is 7.28. The Labute approximate surface area is 126 Å². The minimum absolute atomic E-state index is 0.0957. The van der Waals surface area contributed by atoms with Crippen LogP contribution in [0, 0.1) is 0 Å². The average Bonchev–Trinajstić information content (AvgIpc) is 2.46. The van der Waals surface area contributed by atoms with Gasteiger partial charge in [0, 0.05) is 39.3 Å². The number of hydrogen-bond donors (Lipinski definition) is 3. The summed E-state index contributed by atoms with van der Waals surface area (Å²) in [7, 11) is 3.43. The summed E-state index contributed by atoms with van der Waals surface area (Å²) in [6.45, 7) is 6.17. The van der Waals surface area contributed by atoms with Crippen molar-refractivity contribution < 1.29 is 4.79 Å². The smallest absolute Gasteiger partial charge is 0.316 e. The topological polar surface area (TPSA) is 82.2 Å². The number of anilines is 2. The number of aromatic nitrogens is 2. The lowest BCUT2D eigenvalue weighted by molar-refractivity contribution is 0.218. The molecule has 0 radical (unpaired) electrons. The molecule has 7 nitrogen and oxygen atoms in total. The van der Waals surface area contributed by atoms with Crippen molar-refractivity contribution in [3.05, 3.63) is 11.9 Å². The number of urea groups is 1. The van der Waals surface area contributed by atoms with Gasteiger partial charge in [0.2, 0.25) is 0 Å². The first-order valence-corrected chi connectivity index (χ1v) is 7.36. The molecule has 118 valence electrons. The van der Waals surface area contributed by atoms with Crippen molar-refractivity contribution in [1.82, 2.24) is 20.2 Å². The van der Waals surface area contributed by atoms with Gasteiger partial charge < -0.3 is 20.9 Å². The zero-order valence-corrected chi connectivity index (χ0v) is 13.4. The van der Waals surface area contributed by atoms with Crippen molar-refractivity contribution in [3.8, 4) is 0 Å². The van der Waals surface area contributed by atoms with Crippen LogP contribution in [0.25, 0.3) is 0 Å². The molecule has 0 aliphatic rings. The van der Waals surface area contributed by atoms with E-state index in [2.05, 4.69) is 32.8 Å². The quantitative estimate of drug-likeness (QED) is 0.634. The molecule has 1 aromatic heterocycles. The average molecular weight is 294 g/mol. The summed E-state index contributed by atoms with van der Waals surface area (Å²) in [6, 6.07) is -0.0957. The third kappa shape index (κ3) is 5.45. The van der Waals surface area contributed by atoms with E-state index >= 15 is 0 Å². The number of amides is 2. The van der Waals surface area contributed by atoms with Gasteiger partial charge in [0.1, 0.15) is 18.0 Å². The maximum atomic E-state index is 11.4. The molecule has 1 heterocycles. The van der Waals surface area contributed by atoms with E-state index in [0.29, 0.717) is 13.1 Å². The van der Waals surface area contributed by atoms with Crippen molar-refractivity contribution >= 4 is 17.7 Å². The molecule has 0 atom stereocenters. The van der Waals surface area contributed by atoms with E-state index < -0.39 is 0 Å². The summed E-state index contributed by atoms with van der Waals surface area (Å²) in [6.07, 6.45) is 3.49. The highest BCUT2D eigenvalue weighted by atomic mass is 16.2. The standard InChI is InChI=1S/C14H26N6O/c1-5-7-11-12(15-6-2)18-10-19-13(11)16-8-9-17-14(21)20(3)4/h10H,5-9H2,1-4H3,(H,17,21)(H2,15,16,18,19). The molecule has 1 aromatic rings. The Bertz CT molecular complexity index is 449. The molecular weight excluding hydrogens is 268 g/mol. The van der Waals surface area contributed by atoms with Gasteiger partial charge >= 0.3 is 6.03 Å². The monoisotopic (exact) mass is 294 g/mol. The highest BCUT2D eigenvalue weighted by Gasteiger charge is 2.10. The summed E-state index contributed by atoms with van der Waals surface area (Å²) in [4.78, 5) is 21.5. The molecule has 0 fully saturated rings. The summed E-state index contributed by atoms with van der Waals surface area (Å²) < 4.78 is 0. The van der Waals surface area contributed by atoms with Crippen molar-refractivity contribution in [1.29, 1.82) is 0 Å². The van der Waals surface area contributed by atoms with Crippen LogP contribution in [0.3, 0.4) is 0 Å². The first-order chi connectivity index (χ1) is 10.1. The van der Waals surface area contributed by atoms with Crippen LogP contribution in [0.15, 0.2) is 6.33 Å². The zero-order chi connectivity index (χ0) is 15.7. The van der Waals surface area contributed by atoms with Crippen LogP contribution in [0.5, 0.6) is 0 Å². The van der Waals surface area contributed by atoms with Gasteiger partial charge in [-0.1, -0.05) is 13.3 Å². The highest BCUT2D eigenvalue weighted by molar-refractivity contribution is 5.73. The highest BCUT2D eigenvalue weighted by Crippen LogP contribution is 2.21. The number of rotatable bonds is 8. The molecule has 0 aliphatic heterocycles. The summed E-state index contributed by atoms with van der Waals surface area (Å²) in [5, 5.41) is 9.33. The molecule has 0 saturated heterocycles. The Balaban J connectivity index is 2.61. The first-order valence-electron chi connectivity index (χ1n) is 7.36. The second-order valence-electron chi connectivity index (χ2n) is 4.88. The fourth-order valence-electron chi connectivity index (χ4n) is 1.88. The van der Waals surface area contributed by atoms with Crippen molar-refractivity contribution in [3.63, 3.8) is 0 Å². The van der Waals surface area contributed by atoms with E-state index in [4.69, 9.17) is 0 Å². The van der Waals surface area contributed by atoms with Crippen LogP contribution in [0.4, 0.5) is 16.4 Å². The van der Waals surface area contributed by atoms with E-state index in [9.17, 15) is 4.79 Å². The normalized spacial score (nSPS) is 10.1. The van der Waals surface area contributed by atoms with Crippen molar-refractivity contribution in [2.24, 2.45) is 0 Å². The lowest BCUT2D eigenvalue weighted by atomic mass is 10.1. The number of carbonyl (C=O) groups excluding carboxylic acids is 1. The zero-order valence-electron chi connectivity index (χ0n) is 13.4. The predicted octanol–water partition coefficient (Wildman–Crippen LogP) is 1.54. The number of hydrogen-bond acceptors (Lipinski definition) is 5. The summed E-state index contributed by atoms with van der Waals surface area (Å²) in [5.41, 5.74) is 1.10. The van der Waals surface area contributed by atoms with Crippen molar-refractivity contribution in [2.75, 3.05) is 44.4 Å². The molecular formula is C14H26N6O. The SMILES string of the molecule is CCCc1c(NCC)ncnc1NCCNC(=O)N(C)C. The molecule has 3 N–H and O–H groups in total.